The molecule has 2 aliphatic rings. The van der Waals surface area contributed by atoms with Gasteiger partial charge in [0.05, 0.1) is 6.10 Å². The number of alkyl halides is 2. The third-order valence-corrected chi connectivity index (χ3v) is 7.35. The molecular weight excluding hydrogens is 274 g/mol. The first-order valence-corrected chi connectivity index (χ1v) is 8.90. The highest BCUT2D eigenvalue weighted by molar-refractivity contribution is 8.07. The summed E-state index contributed by atoms with van der Waals surface area (Å²) in [6, 6.07) is 0. The van der Waals surface area contributed by atoms with Gasteiger partial charge in [0.25, 0.3) is 0 Å². The van der Waals surface area contributed by atoms with Crippen molar-refractivity contribution >= 4 is 23.5 Å². The molecule has 4 atom stereocenters. The van der Waals surface area contributed by atoms with Gasteiger partial charge in [0, 0.05) is 34.8 Å². The lowest BCUT2D eigenvalue weighted by atomic mass is 9.96. The summed E-state index contributed by atoms with van der Waals surface area (Å²) in [4.78, 5) is 0. The van der Waals surface area contributed by atoms with Crippen molar-refractivity contribution in [3.05, 3.63) is 0 Å². The van der Waals surface area contributed by atoms with Crippen molar-refractivity contribution in [2.45, 2.75) is 61.6 Å². The zero-order chi connectivity index (χ0) is 13.2. The molecule has 5 heteroatoms. The van der Waals surface area contributed by atoms with Crippen LogP contribution < -0.4 is 0 Å². The van der Waals surface area contributed by atoms with Crippen LogP contribution in [0.15, 0.2) is 0 Å². The smallest absolute Gasteiger partial charge is 0.248 e. The molecule has 0 radical (unpaired) electrons. The molecule has 4 unspecified atom stereocenters. The van der Waals surface area contributed by atoms with Crippen LogP contribution in [0.25, 0.3) is 0 Å². The topological polar surface area (TPSA) is 20.2 Å². The number of hydrogen-bond donors (Lipinski definition) is 1. The molecule has 0 amide bonds. The van der Waals surface area contributed by atoms with Gasteiger partial charge in [0.1, 0.15) is 0 Å². The summed E-state index contributed by atoms with van der Waals surface area (Å²) in [5.41, 5.74) is 0. The van der Waals surface area contributed by atoms with Gasteiger partial charge in [-0.15, -0.1) is 0 Å². The second-order valence-corrected chi connectivity index (χ2v) is 8.05. The van der Waals surface area contributed by atoms with E-state index in [4.69, 9.17) is 0 Å². The van der Waals surface area contributed by atoms with Gasteiger partial charge in [0.15, 0.2) is 0 Å². The van der Waals surface area contributed by atoms with Gasteiger partial charge in [-0.25, -0.2) is 8.78 Å². The van der Waals surface area contributed by atoms with Gasteiger partial charge >= 0.3 is 0 Å². The van der Waals surface area contributed by atoms with E-state index in [9.17, 15) is 13.9 Å². The summed E-state index contributed by atoms with van der Waals surface area (Å²) in [7, 11) is 0. The molecule has 106 valence electrons. The summed E-state index contributed by atoms with van der Waals surface area (Å²) in [6.45, 7) is 2.15. The fourth-order valence-electron chi connectivity index (χ4n) is 3.01. The van der Waals surface area contributed by atoms with Crippen molar-refractivity contribution < 1.29 is 13.9 Å². The van der Waals surface area contributed by atoms with E-state index in [1.807, 2.05) is 23.5 Å². The first kappa shape index (κ1) is 14.9. The molecule has 1 aliphatic heterocycles. The molecule has 0 aromatic carbocycles. The Morgan fingerprint density at radius 1 is 1.33 bits per heavy atom. The SMILES string of the molecule is CCC1SCCSC1C(O)CC1CCC(F)(F)C1. The van der Waals surface area contributed by atoms with Gasteiger partial charge in [-0.1, -0.05) is 6.92 Å². The lowest BCUT2D eigenvalue weighted by molar-refractivity contribution is 0.00256. The summed E-state index contributed by atoms with van der Waals surface area (Å²) in [5.74, 6) is -0.249. The Bertz CT molecular complexity index is 276. The Kier molecular flexibility index (Phi) is 5.23. The Balaban J connectivity index is 1.85. The average molecular weight is 296 g/mol. The lowest BCUT2D eigenvalue weighted by Crippen LogP contribution is -2.37. The highest BCUT2D eigenvalue weighted by atomic mass is 32.2. The van der Waals surface area contributed by atoms with Crippen LogP contribution in [-0.4, -0.2) is 39.1 Å². The van der Waals surface area contributed by atoms with E-state index in [1.165, 1.54) is 0 Å². The standard InChI is InChI=1S/C13H22F2OS2/c1-2-11-12(18-6-5-17-11)10(16)7-9-3-4-13(14,15)8-9/h9-12,16H,2-8H2,1H3. The Labute approximate surface area is 116 Å². The molecule has 1 heterocycles. The Hall–Kier alpha value is 0.520. The Morgan fingerprint density at radius 2 is 2.06 bits per heavy atom. The molecule has 1 nitrogen and oxygen atoms in total. The highest BCUT2D eigenvalue weighted by Crippen LogP contribution is 2.43. The molecule has 2 rings (SSSR count). The Morgan fingerprint density at radius 3 is 2.67 bits per heavy atom. The number of rotatable bonds is 4. The average Bonchev–Trinajstić information content (AvgIpc) is 2.68. The van der Waals surface area contributed by atoms with Crippen molar-refractivity contribution in [1.29, 1.82) is 0 Å². The number of hydrogen-bond acceptors (Lipinski definition) is 3. The maximum Gasteiger partial charge on any atom is 0.248 e. The van der Waals surface area contributed by atoms with E-state index in [0.717, 1.165) is 17.9 Å². The van der Waals surface area contributed by atoms with E-state index >= 15 is 0 Å². The summed E-state index contributed by atoms with van der Waals surface area (Å²) in [5, 5.41) is 11.1. The molecule has 0 bridgehead atoms. The van der Waals surface area contributed by atoms with Gasteiger partial charge in [0.2, 0.25) is 5.92 Å². The van der Waals surface area contributed by atoms with Gasteiger partial charge < -0.3 is 5.11 Å². The van der Waals surface area contributed by atoms with E-state index < -0.39 is 12.0 Å². The summed E-state index contributed by atoms with van der Waals surface area (Å²) < 4.78 is 26.3. The quantitative estimate of drug-likeness (QED) is 0.852. The minimum atomic E-state index is -2.48. The minimum absolute atomic E-state index is 0.00809. The molecule has 0 aromatic rings. The van der Waals surface area contributed by atoms with Crippen molar-refractivity contribution in [3.63, 3.8) is 0 Å². The fraction of sp³-hybridized carbons (Fsp3) is 1.00. The second-order valence-electron chi connectivity index (χ2n) is 5.42. The van der Waals surface area contributed by atoms with Crippen LogP contribution in [0.2, 0.25) is 0 Å². The largest absolute Gasteiger partial charge is 0.392 e. The summed E-state index contributed by atoms with van der Waals surface area (Å²) >= 11 is 3.76. The molecule has 1 aliphatic carbocycles. The molecule has 0 aromatic heterocycles. The van der Waals surface area contributed by atoms with E-state index in [2.05, 4.69) is 6.92 Å². The van der Waals surface area contributed by atoms with Crippen LogP contribution in [0, 0.1) is 5.92 Å². The van der Waals surface area contributed by atoms with Gasteiger partial charge in [-0.05, 0) is 25.2 Å². The molecular formula is C13H22F2OS2. The monoisotopic (exact) mass is 296 g/mol. The molecule has 18 heavy (non-hydrogen) atoms. The van der Waals surface area contributed by atoms with Crippen LogP contribution in [0.1, 0.15) is 39.0 Å². The van der Waals surface area contributed by atoms with Crippen molar-refractivity contribution in [2.75, 3.05) is 11.5 Å². The van der Waals surface area contributed by atoms with Crippen LogP contribution in [-0.2, 0) is 0 Å². The predicted octanol–water partition coefficient (Wildman–Crippen LogP) is 3.80. The first-order valence-electron chi connectivity index (χ1n) is 6.81. The minimum Gasteiger partial charge on any atom is -0.392 e. The molecule has 1 N–H and O–H groups in total. The predicted molar refractivity (Wildman–Crippen MR) is 75.7 cm³/mol. The van der Waals surface area contributed by atoms with Crippen LogP contribution in [0.3, 0.4) is 0 Å². The van der Waals surface area contributed by atoms with Gasteiger partial charge in [-0.2, -0.15) is 23.5 Å². The molecule has 1 saturated heterocycles. The van der Waals surface area contributed by atoms with Crippen LogP contribution in [0.5, 0.6) is 0 Å². The molecule has 0 spiro atoms. The molecule has 1 saturated carbocycles. The first-order chi connectivity index (χ1) is 8.52. The van der Waals surface area contributed by atoms with Crippen LogP contribution in [0.4, 0.5) is 8.78 Å². The van der Waals surface area contributed by atoms with Crippen molar-refractivity contribution in [2.24, 2.45) is 5.92 Å². The number of aliphatic hydroxyl groups is 1. The zero-order valence-electron chi connectivity index (χ0n) is 10.8. The van der Waals surface area contributed by atoms with Crippen molar-refractivity contribution in [1.82, 2.24) is 0 Å². The van der Waals surface area contributed by atoms with E-state index in [-0.39, 0.29) is 24.0 Å². The third kappa shape index (κ3) is 3.76. The normalized spacial score (nSPS) is 37.7. The van der Waals surface area contributed by atoms with Gasteiger partial charge in [-0.3, -0.25) is 0 Å². The third-order valence-electron chi connectivity index (χ3n) is 3.95. The highest BCUT2D eigenvalue weighted by Gasteiger charge is 2.41. The molecule has 2 fully saturated rings. The fourth-order valence-corrected chi connectivity index (χ4v) is 6.18. The number of aliphatic hydroxyl groups excluding tert-OH is 1. The number of thioether (sulfide) groups is 2. The van der Waals surface area contributed by atoms with Crippen molar-refractivity contribution in [3.8, 4) is 0 Å². The summed E-state index contributed by atoms with van der Waals surface area (Å²) in [6.07, 6.45) is 1.77. The van der Waals surface area contributed by atoms with E-state index in [1.54, 1.807) is 0 Å². The maximum absolute atomic E-state index is 13.1. The second kappa shape index (κ2) is 6.31. The lowest BCUT2D eigenvalue weighted by Gasteiger charge is -2.34. The zero-order valence-corrected chi connectivity index (χ0v) is 12.4. The van der Waals surface area contributed by atoms with E-state index in [0.29, 0.717) is 18.1 Å². The maximum atomic E-state index is 13.1. The van der Waals surface area contributed by atoms with Crippen LogP contribution >= 0.6 is 23.5 Å². The number of halogens is 2.